The molecule has 0 bridgehead atoms. The molecular weight excluding hydrogens is 222 g/mol. The molecule has 2 unspecified atom stereocenters. The molecule has 1 saturated carbocycles. The molecule has 1 amide bonds. The first-order chi connectivity index (χ1) is 8.08. The van der Waals surface area contributed by atoms with Crippen molar-refractivity contribution in [1.29, 1.82) is 0 Å². The zero-order valence-corrected chi connectivity index (χ0v) is 10.3. The summed E-state index contributed by atoms with van der Waals surface area (Å²) < 4.78 is 4.65. The van der Waals surface area contributed by atoms with Crippen LogP contribution in [0.25, 0.3) is 0 Å². The average molecular weight is 241 g/mol. The number of carbonyl (C=O) groups is 3. The lowest BCUT2D eigenvalue weighted by atomic mass is 10.0. The minimum absolute atomic E-state index is 0.0147. The van der Waals surface area contributed by atoms with Crippen molar-refractivity contribution in [2.45, 2.75) is 32.6 Å². The van der Waals surface area contributed by atoms with E-state index in [4.69, 9.17) is 0 Å². The van der Waals surface area contributed by atoms with Crippen LogP contribution in [0.3, 0.4) is 0 Å². The minimum Gasteiger partial charge on any atom is -0.469 e. The van der Waals surface area contributed by atoms with Gasteiger partial charge in [0.05, 0.1) is 19.6 Å². The van der Waals surface area contributed by atoms with Crippen molar-refractivity contribution in [1.82, 2.24) is 5.32 Å². The number of carbonyl (C=O) groups excluding carboxylic acids is 3. The maximum atomic E-state index is 11.7. The van der Waals surface area contributed by atoms with Crippen LogP contribution in [-0.2, 0) is 19.1 Å². The van der Waals surface area contributed by atoms with Gasteiger partial charge in [0.25, 0.3) is 0 Å². The van der Waals surface area contributed by atoms with Crippen molar-refractivity contribution in [3.63, 3.8) is 0 Å². The van der Waals surface area contributed by atoms with E-state index in [1.165, 1.54) is 7.11 Å². The predicted molar refractivity (Wildman–Crippen MR) is 61.2 cm³/mol. The number of hydrogen-bond acceptors (Lipinski definition) is 4. The Kier molecular flexibility index (Phi) is 5.12. The molecule has 17 heavy (non-hydrogen) atoms. The molecule has 0 radical (unpaired) electrons. The number of amides is 1. The molecular formula is C12H19NO4. The molecule has 0 aromatic carbocycles. The van der Waals surface area contributed by atoms with Crippen molar-refractivity contribution in [2.75, 3.05) is 13.7 Å². The molecule has 0 saturated heterocycles. The van der Waals surface area contributed by atoms with Crippen LogP contribution < -0.4 is 5.32 Å². The Labute approximate surface area is 101 Å². The monoisotopic (exact) mass is 241 g/mol. The Morgan fingerprint density at radius 2 is 1.88 bits per heavy atom. The quantitative estimate of drug-likeness (QED) is 0.718. The van der Waals surface area contributed by atoms with E-state index in [0.29, 0.717) is 25.7 Å². The van der Waals surface area contributed by atoms with E-state index in [9.17, 15) is 14.4 Å². The van der Waals surface area contributed by atoms with Gasteiger partial charge in [0.2, 0.25) is 5.91 Å². The van der Waals surface area contributed by atoms with E-state index in [1.807, 2.05) is 0 Å². The summed E-state index contributed by atoms with van der Waals surface area (Å²) in [6.45, 7) is 1.85. The fourth-order valence-corrected chi connectivity index (χ4v) is 2.06. The second-order valence-electron chi connectivity index (χ2n) is 4.34. The molecule has 1 rings (SSSR count). The van der Waals surface area contributed by atoms with Crippen LogP contribution in [0.5, 0.6) is 0 Å². The Balaban J connectivity index is 2.35. The SMILES string of the molecule is CCC(=O)CNC(=O)C1CCC(C(=O)OC)C1. The van der Waals surface area contributed by atoms with Gasteiger partial charge in [-0.3, -0.25) is 14.4 Å². The highest BCUT2D eigenvalue weighted by Crippen LogP contribution is 2.31. The number of ketones is 1. The fraction of sp³-hybridized carbons (Fsp3) is 0.750. The van der Waals surface area contributed by atoms with Gasteiger partial charge >= 0.3 is 5.97 Å². The topological polar surface area (TPSA) is 72.5 Å². The van der Waals surface area contributed by atoms with E-state index in [2.05, 4.69) is 10.1 Å². The molecule has 1 N–H and O–H groups in total. The minimum atomic E-state index is -0.245. The lowest BCUT2D eigenvalue weighted by molar-refractivity contribution is -0.145. The van der Waals surface area contributed by atoms with Crippen LogP contribution in [0.1, 0.15) is 32.6 Å². The maximum Gasteiger partial charge on any atom is 0.308 e. The van der Waals surface area contributed by atoms with Crippen molar-refractivity contribution in [3.05, 3.63) is 0 Å². The van der Waals surface area contributed by atoms with Gasteiger partial charge < -0.3 is 10.1 Å². The van der Waals surface area contributed by atoms with E-state index in [-0.39, 0.29) is 36.0 Å². The first-order valence-electron chi connectivity index (χ1n) is 5.95. The molecule has 1 aliphatic rings. The van der Waals surface area contributed by atoms with Crippen LogP contribution in [0.15, 0.2) is 0 Å². The maximum absolute atomic E-state index is 11.7. The standard InChI is InChI=1S/C12H19NO4/c1-3-10(14)7-13-11(15)8-4-5-9(6-8)12(16)17-2/h8-9H,3-7H2,1-2H3,(H,13,15). The van der Waals surface area contributed by atoms with Crippen molar-refractivity contribution in [2.24, 2.45) is 11.8 Å². The number of rotatable bonds is 5. The van der Waals surface area contributed by atoms with Crippen LogP contribution in [-0.4, -0.2) is 31.3 Å². The molecule has 2 atom stereocenters. The lowest BCUT2D eigenvalue weighted by Gasteiger charge is -2.10. The summed E-state index contributed by atoms with van der Waals surface area (Å²) in [5.41, 5.74) is 0. The van der Waals surface area contributed by atoms with Gasteiger partial charge in [-0.05, 0) is 19.3 Å². The average Bonchev–Trinajstić information content (AvgIpc) is 2.83. The van der Waals surface area contributed by atoms with Gasteiger partial charge in [-0.25, -0.2) is 0 Å². The zero-order valence-electron chi connectivity index (χ0n) is 10.3. The van der Waals surface area contributed by atoms with Gasteiger partial charge in [-0.15, -0.1) is 0 Å². The van der Waals surface area contributed by atoms with E-state index in [0.717, 1.165) is 0 Å². The first kappa shape index (κ1) is 13.7. The number of methoxy groups -OCH3 is 1. The van der Waals surface area contributed by atoms with Gasteiger partial charge in [-0.1, -0.05) is 6.92 Å². The molecule has 0 aromatic heterocycles. The lowest BCUT2D eigenvalue weighted by Crippen LogP contribution is -2.33. The first-order valence-corrected chi connectivity index (χ1v) is 5.95. The Bertz CT molecular complexity index is 314. The predicted octanol–water partition coefficient (Wildman–Crippen LogP) is 0.671. The highest BCUT2D eigenvalue weighted by Gasteiger charge is 2.34. The van der Waals surface area contributed by atoms with Crippen LogP contribution >= 0.6 is 0 Å². The third kappa shape index (κ3) is 3.84. The molecule has 1 fully saturated rings. The molecule has 1 aliphatic carbocycles. The summed E-state index contributed by atoms with van der Waals surface area (Å²) in [6.07, 6.45) is 2.33. The summed E-state index contributed by atoms with van der Waals surface area (Å²) in [4.78, 5) is 34.1. The smallest absolute Gasteiger partial charge is 0.308 e. The van der Waals surface area contributed by atoms with E-state index in [1.54, 1.807) is 6.92 Å². The normalized spacial score (nSPS) is 23.2. The molecule has 5 nitrogen and oxygen atoms in total. The highest BCUT2D eigenvalue weighted by atomic mass is 16.5. The van der Waals surface area contributed by atoms with Crippen molar-refractivity contribution < 1.29 is 19.1 Å². The van der Waals surface area contributed by atoms with Crippen LogP contribution in [0, 0.1) is 11.8 Å². The molecule has 5 heteroatoms. The third-order valence-electron chi connectivity index (χ3n) is 3.19. The summed E-state index contributed by atoms with van der Waals surface area (Å²) in [5, 5.41) is 2.61. The molecule has 0 aliphatic heterocycles. The second-order valence-corrected chi connectivity index (χ2v) is 4.34. The van der Waals surface area contributed by atoms with Gasteiger partial charge in [0, 0.05) is 12.3 Å². The number of nitrogens with one attached hydrogen (secondary N) is 1. The van der Waals surface area contributed by atoms with Gasteiger partial charge in [0.15, 0.2) is 5.78 Å². The van der Waals surface area contributed by atoms with E-state index >= 15 is 0 Å². The van der Waals surface area contributed by atoms with Crippen molar-refractivity contribution >= 4 is 17.7 Å². The third-order valence-corrected chi connectivity index (χ3v) is 3.19. The number of esters is 1. The number of hydrogen-bond donors (Lipinski definition) is 1. The van der Waals surface area contributed by atoms with E-state index < -0.39 is 0 Å². The number of ether oxygens (including phenoxy) is 1. The van der Waals surface area contributed by atoms with Gasteiger partial charge in [0.1, 0.15) is 0 Å². The van der Waals surface area contributed by atoms with Crippen LogP contribution in [0.2, 0.25) is 0 Å². The number of Topliss-reactive ketones (excluding diaryl/α,β-unsaturated/α-hetero) is 1. The summed E-state index contributed by atoms with van der Waals surface area (Å²) in [6, 6.07) is 0. The fourth-order valence-electron chi connectivity index (χ4n) is 2.06. The van der Waals surface area contributed by atoms with Gasteiger partial charge in [-0.2, -0.15) is 0 Å². The Morgan fingerprint density at radius 3 is 2.47 bits per heavy atom. The summed E-state index contributed by atoms with van der Waals surface area (Å²) >= 11 is 0. The zero-order chi connectivity index (χ0) is 12.8. The molecule has 0 spiro atoms. The Morgan fingerprint density at radius 1 is 1.24 bits per heavy atom. The molecule has 0 aromatic rings. The molecule has 96 valence electrons. The molecule has 0 heterocycles. The second kappa shape index (κ2) is 6.37. The largest absolute Gasteiger partial charge is 0.469 e. The summed E-state index contributed by atoms with van der Waals surface area (Å²) in [5.74, 6) is -0.689. The summed E-state index contributed by atoms with van der Waals surface area (Å²) in [7, 11) is 1.36. The highest BCUT2D eigenvalue weighted by molar-refractivity contribution is 5.87. The van der Waals surface area contributed by atoms with Crippen molar-refractivity contribution in [3.8, 4) is 0 Å². The van der Waals surface area contributed by atoms with Crippen LogP contribution in [0.4, 0.5) is 0 Å². The Hall–Kier alpha value is -1.39.